The van der Waals surface area contributed by atoms with E-state index < -0.39 is 0 Å². The number of hydrogen-bond donors (Lipinski definition) is 1. The summed E-state index contributed by atoms with van der Waals surface area (Å²) >= 11 is 0. The van der Waals surface area contributed by atoms with E-state index in [1.165, 1.54) is 19.4 Å². The molecule has 0 spiro atoms. The Labute approximate surface area is 89.1 Å². The first-order valence-corrected chi connectivity index (χ1v) is 6.17. The van der Waals surface area contributed by atoms with Crippen molar-refractivity contribution in [2.75, 3.05) is 19.6 Å². The van der Waals surface area contributed by atoms with E-state index in [0.717, 1.165) is 31.1 Å². The molecule has 1 saturated carbocycles. The molecule has 14 heavy (non-hydrogen) atoms. The van der Waals surface area contributed by atoms with Crippen molar-refractivity contribution in [2.45, 2.75) is 52.6 Å². The summed E-state index contributed by atoms with van der Waals surface area (Å²) in [5.41, 5.74) is 0. The van der Waals surface area contributed by atoms with Gasteiger partial charge in [-0.3, -0.25) is 4.90 Å². The summed E-state index contributed by atoms with van der Waals surface area (Å²) in [5, 5.41) is 3.49. The molecule has 0 bridgehead atoms. The Morgan fingerprint density at radius 2 is 1.93 bits per heavy atom. The van der Waals surface area contributed by atoms with Crippen LogP contribution in [0.1, 0.15) is 40.5 Å². The predicted molar refractivity (Wildman–Crippen MR) is 62.6 cm³/mol. The van der Waals surface area contributed by atoms with Gasteiger partial charge in [-0.25, -0.2) is 0 Å². The van der Waals surface area contributed by atoms with Crippen molar-refractivity contribution in [3.8, 4) is 0 Å². The maximum Gasteiger partial charge on any atom is 0.0246 e. The van der Waals surface area contributed by atoms with Gasteiger partial charge in [0.1, 0.15) is 0 Å². The zero-order valence-corrected chi connectivity index (χ0v) is 10.2. The molecule has 1 aliphatic rings. The summed E-state index contributed by atoms with van der Waals surface area (Å²) in [6, 6.07) is 1.62. The maximum atomic E-state index is 3.49. The first kappa shape index (κ1) is 12.0. The van der Waals surface area contributed by atoms with E-state index in [4.69, 9.17) is 0 Å². The Balaban J connectivity index is 2.45. The van der Waals surface area contributed by atoms with Crippen LogP contribution in [0.2, 0.25) is 0 Å². The fourth-order valence-electron chi connectivity index (χ4n) is 2.20. The highest BCUT2D eigenvalue weighted by Gasteiger charge is 2.33. The third-order valence-electron chi connectivity index (χ3n) is 3.18. The van der Waals surface area contributed by atoms with Crippen LogP contribution in [0, 0.1) is 5.92 Å². The lowest BCUT2D eigenvalue weighted by Gasteiger charge is -2.34. The maximum absolute atomic E-state index is 3.49. The van der Waals surface area contributed by atoms with Crippen LogP contribution in [-0.2, 0) is 0 Å². The van der Waals surface area contributed by atoms with Gasteiger partial charge in [-0.2, -0.15) is 0 Å². The summed E-state index contributed by atoms with van der Waals surface area (Å²) < 4.78 is 0. The number of nitrogens with one attached hydrogen (secondary N) is 1. The molecule has 0 aromatic heterocycles. The molecule has 1 N–H and O–H groups in total. The van der Waals surface area contributed by atoms with Crippen molar-refractivity contribution >= 4 is 0 Å². The molecule has 0 saturated heterocycles. The highest BCUT2D eigenvalue weighted by Crippen LogP contribution is 2.30. The molecule has 0 aromatic rings. The minimum Gasteiger partial charge on any atom is -0.315 e. The Hall–Kier alpha value is -0.0800. The fourth-order valence-corrected chi connectivity index (χ4v) is 2.20. The number of hydrogen-bond acceptors (Lipinski definition) is 2. The van der Waals surface area contributed by atoms with Crippen LogP contribution in [0.5, 0.6) is 0 Å². The molecule has 84 valence electrons. The summed E-state index contributed by atoms with van der Waals surface area (Å²) in [7, 11) is 0. The number of likely N-dealkylation sites (N-methyl/N-ethyl adjacent to an activating group) is 2. The highest BCUT2D eigenvalue weighted by atomic mass is 15.2. The summed E-state index contributed by atoms with van der Waals surface area (Å²) in [4.78, 5) is 2.69. The molecule has 0 aliphatic heterocycles. The molecule has 1 aliphatic carbocycles. The van der Waals surface area contributed by atoms with E-state index in [1.807, 2.05) is 0 Å². The SMILES string of the molecule is CCNCC(C(C)C)N(CC)C1CC1. The molecule has 2 heteroatoms. The largest absolute Gasteiger partial charge is 0.315 e. The van der Waals surface area contributed by atoms with Crippen molar-refractivity contribution in [3.63, 3.8) is 0 Å². The molecule has 1 fully saturated rings. The van der Waals surface area contributed by atoms with Gasteiger partial charge in [-0.05, 0) is 31.8 Å². The van der Waals surface area contributed by atoms with Gasteiger partial charge >= 0.3 is 0 Å². The van der Waals surface area contributed by atoms with Crippen LogP contribution in [0.25, 0.3) is 0 Å². The molecule has 2 nitrogen and oxygen atoms in total. The lowest BCUT2D eigenvalue weighted by molar-refractivity contribution is 0.150. The Morgan fingerprint density at radius 1 is 1.29 bits per heavy atom. The summed E-state index contributed by atoms with van der Waals surface area (Å²) in [6.07, 6.45) is 2.84. The van der Waals surface area contributed by atoms with Crippen molar-refractivity contribution in [1.29, 1.82) is 0 Å². The molecule has 1 unspecified atom stereocenters. The molecule has 0 amide bonds. The molecule has 0 heterocycles. The van der Waals surface area contributed by atoms with Gasteiger partial charge in [0, 0.05) is 18.6 Å². The van der Waals surface area contributed by atoms with Crippen LogP contribution in [0.3, 0.4) is 0 Å². The van der Waals surface area contributed by atoms with Crippen LogP contribution in [-0.4, -0.2) is 36.6 Å². The molecule has 0 aromatic carbocycles. The van der Waals surface area contributed by atoms with Crippen LogP contribution in [0.4, 0.5) is 0 Å². The average Bonchev–Trinajstić information content (AvgIpc) is 2.95. The molecule has 0 radical (unpaired) electrons. The van der Waals surface area contributed by atoms with Crippen LogP contribution < -0.4 is 5.32 Å². The van der Waals surface area contributed by atoms with Crippen molar-refractivity contribution in [2.24, 2.45) is 5.92 Å². The molecule has 1 atom stereocenters. The molecular weight excluding hydrogens is 172 g/mol. The van der Waals surface area contributed by atoms with Crippen LogP contribution >= 0.6 is 0 Å². The van der Waals surface area contributed by atoms with Gasteiger partial charge in [0.2, 0.25) is 0 Å². The van der Waals surface area contributed by atoms with E-state index >= 15 is 0 Å². The molecule has 1 rings (SSSR count). The van der Waals surface area contributed by atoms with Gasteiger partial charge in [-0.1, -0.05) is 27.7 Å². The second kappa shape index (κ2) is 5.72. The normalized spacial score (nSPS) is 19.3. The smallest absolute Gasteiger partial charge is 0.0246 e. The van der Waals surface area contributed by atoms with Gasteiger partial charge in [-0.15, -0.1) is 0 Å². The first-order chi connectivity index (χ1) is 6.70. The zero-order valence-electron chi connectivity index (χ0n) is 10.2. The van der Waals surface area contributed by atoms with E-state index in [9.17, 15) is 0 Å². The van der Waals surface area contributed by atoms with Gasteiger partial charge in [0.05, 0.1) is 0 Å². The quantitative estimate of drug-likeness (QED) is 0.674. The van der Waals surface area contributed by atoms with Gasteiger partial charge in [0.25, 0.3) is 0 Å². The highest BCUT2D eigenvalue weighted by molar-refractivity contribution is 4.89. The van der Waals surface area contributed by atoms with E-state index in [2.05, 4.69) is 37.9 Å². The third kappa shape index (κ3) is 3.25. The number of rotatable bonds is 7. The second-order valence-corrected chi connectivity index (χ2v) is 4.68. The van der Waals surface area contributed by atoms with Crippen molar-refractivity contribution in [1.82, 2.24) is 10.2 Å². The van der Waals surface area contributed by atoms with E-state index in [-0.39, 0.29) is 0 Å². The Kier molecular flexibility index (Phi) is 4.90. The second-order valence-electron chi connectivity index (χ2n) is 4.68. The standard InChI is InChI=1S/C12H26N2/c1-5-13-9-12(10(3)4)14(6-2)11-7-8-11/h10-13H,5-9H2,1-4H3. The monoisotopic (exact) mass is 198 g/mol. The lowest BCUT2D eigenvalue weighted by Crippen LogP contribution is -2.46. The minimum absolute atomic E-state index is 0.729. The first-order valence-electron chi connectivity index (χ1n) is 6.17. The van der Waals surface area contributed by atoms with E-state index in [1.54, 1.807) is 0 Å². The summed E-state index contributed by atoms with van der Waals surface area (Å²) in [6.45, 7) is 12.6. The Morgan fingerprint density at radius 3 is 2.29 bits per heavy atom. The van der Waals surface area contributed by atoms with E-state index in [0.29, 0.717) is 0 Å². The van der Waals surface area contributed by atoms with Gasteiger partial charge < -0.3 is 5.32 Å². The lowest BCUT2D eigenvalue weighted by atomic mass is 10.0. The zero-order chi connectivity index (χ0) is 10.6. The van der Waals surface area contributed by atoms with Crippen LogP contribution in [0.15, 0.2) is 0 Å². The topological polar surface area (TPSA) is 15.3 Å². The van der Waals surface area contributed by atoms with Crippen molar-refractivity contribution in [3.05, 3.63) is 0 Å². The summed E-state index contributed by atoms with van der Waals surface area (Å²) in [5.74, 6) is 0.759. The Bertz CT molecular complexity index is 152. The number of nitrogens with zero attached hydrogens (tertiary/aromatic N) is 1. The minimum atomic E-state index is 0.729. The average molecular weight is 198 g/mol. The fraction of sp³-hybridized carbons (Fsp3) is 1.00. The molecular formula is C12H26N2. The van der Waals surface area contributed by atoms with Gasteiger partial charge in [0.15, 0.2) is 0 Å². The third-order valence-corrected chi connectivity index (χ3v) is 3.18. The van der Waals surface area contributed by atoms with Crippen molar-refractivity contribution < 1.29 is 0 Å². The predicted octanol–water partition coefficient (Wildman–Crippen LogP) is 2.10.